The summed E-state index contributed by atoms with van der Waals surface area (Å²) in [6.07, 6.45) is -3.71. The van der Waals surface area contributed by atoms with Gasteiger partial charge in [-0.15, -0.1) is 12.4 Å². The Bertz CT molecular complexity index is 496. The zero-order chi connectivity index (χ0) is 16.8. The summed E-state index contributed by atoms with van der Waals surface area (Å²) in [6.45, 7) is 3.96. The van der Waals surface area contributed by atoms with Crippen molar-refractivity contribution in [2.75, 3.05) is 13.2 Å². The fourth-order valence-electron chi connectivity index (χ4n) is 1.96. The number of nitrogens with two attached hydrogens (primary N) is 1. The summed E-state index contributed by atoms with van der Waals surface area (Å²) in [5.74, 6) is -0.0371. The van der Waals surface area contributed by atoms with Crippen molar-refractivity contribution in [2.45, 2.75) is 32.5 Å². The van der Waals surface area contributed by atoms with Crippen molar-refractivity contribution in [1.82, 2.24) is 5.32 Å². The number of carbonyl (C=O) groups excluding carboxylic acids is 1. The number of alkyl halides is 3. The number of hydrogen-bond acceptors (Lipinski definition) is 3. The number of rotatable bonds is 7. The van der Waals surface area contributed by atoms with Gasteiger partial charge in [0.2, 0.25) is 0 Å². The third-order valence-corrected chi connectivity index (χ3v) is 2.94. The van der Waals surface area contributed by atoms with E-state index < -0.39 is 17.6 Å². The zero-order valence-electron chi connectivity index (χ0n) is 13.0. The Morgan fingerprint density at radius 1 is 1.35 bits per heavy atom. The van der Waals surface area contributed by atoms with Crippen molar-refractivity contribution in [2.24, 2.45) is 11.7 Å². The van der Waals surface area contributed by atoms with Gasteiger partial charge in [-0.2, -0.15) is 13.2 Å². The molecule has 23 heavy (non-hydrogen) atoms. The molecule has 0 aliphatic carbocycles. The summed E-state index contributed by atoms with van der Waals surface area (Å²) in [5, 5.41) is 2.70. The molecule has 4 nitrogen and oxygen atoms in total. The summed E-state index contributed by atoms with van der Waals surface area (Å²) in [4.78, 5) is 11.7. The summed E-state index contributed by atoms with van der Waals surface area (Å²) in [7, 11) is 0. The maximum Gasteiger partial charge on any atom is 0.416 e. The van der Waals surface area contributed by atoms with Gasteiger partial charge in [0.05, 0.1) is 5.56 Å². The van der Waals surface area contributed by atoms with E-state index in [-0.39, 0.29) is 30.8 Å². The van der Waals surface area contributed by atoms with Gasteiger partial charge in [-0.25, -0.2) is 0 Å². The van der Waals surface area contributed by atoms with E-state index in [0.29, 0.717) is 12.5 Å². The van der Waals surface area contributed by atoms with Crippen molar-refractivity contribution >= 4 is 18.3 Å². The van der Waals surface area contributed by atoms with Gasteiger partial charge >= 0.3 is 6.18 Å². The van der Waals surface area contributed by atoms with Crippen LogP contribution in [-0.4, -0.2) is 25.1 Å². The molecule has 1 atom stereocenters. The molecule has 1 aromatic carbocycles. The summed E-state index contributed by atoms with van der Waals surface area (Å²) < 4.78 is 42.8. The Morgan fingerprint density at radius 3 is 2.52 bits per heavy atom. The van der Waals surface area contributed by atoms with Crippen LogP contribution in [0.1, 0.15) is 25.8 Å². The van der Waals surface area contributed by atoms with Crippen LogP contribution in [0.3, 0.4) is 0 Å². The van der Waals surface area contributed by atoms with Gasteiger partial charge in [-0.05, 0) is 30.5 Å². The molecule has 0 spiro atoms. The molecular formula is C15H22ClF3N2O2. The first-order chi connectivity index (χ1) is 10.2. The first-order valence-electron chi connectivity index (χ1n) is 7.02. The van der Waals surface area contributed by atoms with E-state index in [1.165, 1.54) is 12.1 Å². The topological polar surface area (TPSA) is 64.3 Å². The number of hydrogen-bond donors (Lipinski definition) is 2. The van der Waals surface area contributed by atoms with Crippen molar-refractivity contribution in [3.63, 3.8) is 0 Å². The molecule has 0 saturated carbocycles. The molecule has 3 N–H and O–H groups in total. The van der Waals surface area contributed by atoms with Gasteiger partial charge in [-0.1, -0.05) is 19.9 Å². The second kappa shape index (κ2) is 9.62. The number of amides is 1. The highest BCUT2D eigenvalue weighted by atomic mass is 35.5. The number of halogens is 4. The number of benzene rings is 1. The first-order valence-corrected chi connectivity index (χ1v) is 7.02. The minimum atomic E-state index is -4.44. The van der Waals surface area contributed by atoms with Gasteiger partial charge in [0.25, 0.3) is 5.91 Å². The van der Waals surface area contributed by atoms with Crippen molar-refractivity contribution < 1.29 is 22.7 Å². The lowest BCUT2D eigenvalue weighted by atomic mass is 10.0. The van der Waals surface area contributed by atoms with Gasteiger partial charge < -0.3 is 15.8 Å². The summed E-state index contributed by atoms with van der Waals surface area (Å²) in [5.41, 5.74) is 4.75. The molecule has 0 bridgehead atoms. The molecule has 0 saturated heterocycles. The molecule has 1 rings (SSSR count). The fourth-order valence-corrected chi connectivity index (χ4v) is 1.96. The maximum absolute atomic E-state index is 12.6. The standard InChI is InChI=1S/C15H21F3N2O2.ClH/c1-10(2)6-12(8-19)20-14(21)9-22-13-5-3-4-11(7-13)15(16,17)18;/h3-5,7,10,12H,6,8-9,19H2,1-2H3,(H,20,21);1H. The van der Waals surface area contributed by atoms with Crippen molar-refractivity contribution in [3.8, 4) is 5.75 Å². The minimum Gasteiger partial charge on any atom is -0.484 e. The summed E-state index contributed by atoms with van der Waals surface area (Å²) in [6, 6.07) is 4.24. The Kier molecular flexibility index (Phi) is 9.01. The van der Waals surface area contributed by atoms with E-state index in [9.17, 15) is 18.0 Å². The zero-order valence-corrected chi connectivity index (χ0v) is 13.8. The van der Waals surface area contributed by atoms with Crippen LogP contribution in [0.5, 0.6) is 5.75 Å². The largest absolute Gasteiger partial charge is 0.484 e. The first kappa shape index (κ1) is 21.5. The van der Waals surface area contributed by atoms with Gasteiger partial charge in [0.15, 0.2) is 6.61 Å². The van der Waals surface area contributed by atoms with E-state index in [1.54, 1.807) is 0 Å². The molecule has 0 radical (unpaired) electrons. The molecule has 0 heterocycles. The van der Waals surface area contributed by atoms with Crippen LogP contribution in [0.15, 0.2) is 24.3 Å². The molecule has 0 aliphatic rings. The average molecular weight is 355 g/mol. The lowest BCUT2D eigenvalue weighted by Crippen LogP contribution is -2.43. The summed E-state index contributed by atoms with van der Waals surface area (Å²) >= 11 is 0. The second-order valence-electron chi connectivity index (χ2n) is 5.44. The Labute approximate surface area is 140 Å². The van der Waals surface area contributed by atoms with Crippen molar-refractivity contribution in [1.29, 1.82) is 0 Å². The molecule has 0 fully saturated rings. The predicted molar refractivity (Wildman–Crippen MR) is 84.6 cm³/mol. The molecule has 1 aromatic rings. The molecule has 8 heteroatoms. The number of carbonyl (C=O) groups is 1. The van der Waals surface area contributed by atoms with Crippen LogP contribution < -0.4 is 15.8 Å². The van der Waals surface area contributed by atoms with Crippen LogP contribution in [0.4, 0.5) is 13.2 Å². The third-order valence-electron chi connectivity index (χ3n) is 2.94. The van der Waals surface area contributed by atoms with E-state index in [2.05, 4.69) is 5.32 Å². The molecule has 0 aromatic heterocycles. The van der Waals surface area contributed by atoms with Crippen molar-refractivity contribution in [3.05, 3.63) is 29.8 Å². The molecule has 1 unspecified atom stereocenters. The average Bonchev–Trinajstić information content (AvgIpc) is 2.43. The van der Waals surface area contributed by atoms with Crippen LogP contribution in [-0.2, 0) is 11.0 Å². The highest BCUT2D eigenvalue weighted by Crippen LogP contribution is 2.31. The quantitative estimate of drug-likeness (QED) is 0.791. The maximum atomic E-state index is 12.6. The molecular weight excluding hydrogens is 333 g/mol. The van der Waals surface area contributed by atoms with Gasteiger partial charge in [0, 0.05) is 12.6 Å². The molecule has 1 amide bonds. The lowest BCUT2D eigenvalue weighted by molar-refractivity contribution is -0.137. The van der Waals surface area contributed by atoms with Gasteiger partial charge in [0.1, 0.15) is 5.75 Å². The smallest absolute Gasteiger partial charge is 0.416 e. The van der Waals surface area contributed by atoms with Crippen LogP contribution in [0.25, 0.3) is 0 Å². The van der Waals surface area contributed by atoms with Gasteiger partial charge in [-0.3, -0.25) is 4.79 Å². The Hall–Kier alpha value is -1.47. The van der Waals surface area contributed by atoms with E-state index >= 15 is 0 Å². The number of nitrogens with one attached hydrogen (secondary N) is 1. The fraction of sp³-hybridized carbons (Fsp3) is 0.533. The van der Waals surface area contributed by atoms with E-state index in [4.69, 9.17) is 10.5 Å². The normalized spacial score (nSPS) is 12.5. The Morgan fingerprint density at radius 2 is 2.00 bits per heavy atom. The van der Waals surface area contributed by atoms with E-state index in [0.717, 1.165) is 18.6 Å². The second-order valence-corrected chi connectivity index (χ2v) is 5.44. The number of ether oxygens (including phenoxy) is 1. The molecule has 132 valence electrons. The minimum absolute atomic E-state index is 0. The van der Waals surface area contributed by atoms with Crippen LogP contribution in [0.2, 0.25) is 0 Å². The molecule has 0 aliphatic heterocycles. The predicted octanol–water partition coefficient (Wildman–Crippen LogP) is 3.00. The van der Waals surface area contributed by atoms with Crippen LogP contribution >= 0.6 is 12.4 Å². The monoisotopic (exact) mass is 354 g/mol. The Balaban J connectivity index is 0.00000484. The highest BCUT2D eigenvalue weighted by Gasteiger charge is 2.30. The third kappa shape index (κ3) is 8.08. The lowest BCUT2D eigenvalue weighted by Gasteiger charge is -2.19. The highest BCUT2D eigenvalue weighted by molar-refractivity contribution is 5.85. The SMILES string of the molecule is CC(C)CC(CN)NC(=O)COc1cccc(C(F)(F)F)c1.Cl. The van der Waals surface area contributed by atoms with Crippen LogP contribution in [0, 0.1) is 5.92 Å². The van der Waals surface area contributed by atoms with E-state index in [1.807, 2.05) is 13.8 Å².